The number of carbonyl (C=O) groups is 1. The summed E-state index contributed by atoms with van der Waals surface area (Å²) in [7, 11) is -3.72. The van der Waals surface area contributed by atoms with Crippen LogP contribution < -0.4 is 0 Å². The lowest BCUT2D eigenvalue weighted by Crippen LogP contribution is -2.41. The Balaban J connectivity index is 3.06. The Labute approximate surface area is 113 Å². The number of hydrogen-bond acceptors (Lipinski definition) is 4. The van der Waals surface area contributed by atoms with Gasteiger partial charge in [0, 0.05) is 13.1 Å². The zero-order valence-corrected chi connectivity index (χ0v) is 12.1. The number of rotatable bonds is 5. The molecule has 0 radical (unpaired) electrons. The highest BCUT2D eigenvalue weighted by atomic mass is 32.2. The van der Waals surface area contributed by atoms with Crippen molar-refractivity contribution in [3.63, 3.8) is 0 Å². The summed E-state index contributed by atoms with van der Waals surface area (Å²) in [6.45, 7) is 5.96. The smallest absolute Gasteiger partial charge is 0.240 e. The lowest BCUT2D eigenvalue weighted by atomic mass is 10.3. The quantitative estimate of drug-likeness (QED) is 0.888. The zero-order valence-electron chi connectivity index (χ0n) is 11.3. The first-order valence-electron chi connectivity index (χ1n) is 6.16. The van der Waals surface area contributed by atoms with Gasteiger partial charge in [0.2, 0.25) is 5.91 Å². The van der Waals surface area contributed by atoms with Crippen LogP contribution >= 0.6 is 0 Å². The first-order valence-corrected chi connectivity index (χ1v) is 7.70. The fourth-order valence-electron chi connectivity index (χ4n) is 1.77. The van der Waals surface area contributed by atoms with Gasteiger partial charge in [0.25, 0.3) is 0 Å². The molecule has 6 heteroatoms. The van der Waals surface area contributed by atoms with Crippen molar-refractivity contribution >= 4 is 15.7 Å². The van der Waals surface area contributed by atoms with E-state index in [0.717, 1.165) is 0 Å². The van der Waals surface area contributed by atoms with Crippen LogP contribution in [0.1, 0.15) is 20.8 Å². The van der Waals surface area contributed by atoms with E-state index in [1.807, 2.05) is 0 Å². The predicted molar refractivity (Wildman–Crippen MR) is 72.7 cm³/mol. The number of carbonyl (C=O) groups excluding carboxylic acids is 1. The maximum absolute atomic E-state index is 12.3. The van der Waals surface area contributed by atoms with Crippen LogP contribution in [0.5, 0.6) is 5.75 Å². The summed E-state index contributed by atoms with van der Waals surface area (Å²) in [5.74, 6) is -0.417. The van der Waals surface area contributed by atoms with E-state index in [-0.39, 0.29) is 10.6 Å². The van der Waals surface area contributed by atoms with Crippen molar-refractivity contribution in [2.24, 2.45) is 0 Å². The highest BCUT2D eigenvalue weighted by molar-refractivity contribution is 7.92. The molecule has 106 valence electrons. The van der Waals surface area contributed by atoms with E-state index in [1.165, 1.54) is 36.1 Å². The van der Waals surface area contributed by atoms with Gasteiger partial charge in [-0.3, -0.25) is 4.79 Å². The van der Waals surface area contributed by atoms with Gasteiger partial charge in [0.1, 0.15) is 11.0 Å². The molecule has 0 bridgehead atoms. The first-order chi connectivity index (χ1) is 8.84. The lowest BCUT2D eigenvalue weighted by Gasteiger charge is -2.22. The van der Waals surface area contributed by atoms with E-state index in [4.69, 9.17) is 5.11 Å². The number of phenols is 1. The van der Waals surface area contributed by atoms with Crippen LogP contribution in [0.3, 0.4) is 0 Å². The van der Waals surface area contributed by atoms with Gasteiger partial charge in [0.15, 0.2) is 9.84 Å². The van der Waals surface area contributed by atoms with Crippen molar-refractivity contribution < 1.29 is 18.3 Å². The van der Waals surface area contributed by atoms with Gasteiger partial charge in [-0.1, -0.05) is 0 Å². The van der Waals surface area contributed by atoms with E-state index < -0.39 is 21.0 Å². The molecule has 1 aromatic rings. The third kappa shape index (κ3) is 3.26. The summed E-state index contributed by atoms with van der Waals surface area (Å²) >= 11 is 0. The number of aromatic hydroxyl groups is 1. The standard InChI is InChI=1S/C13H19NO4S/c1-4-14(5-2)13(16)10(3)19(17,18)12-8-6-11(15)7-9-12/h6-10,15H,4-5H2,1-3H3/t10-/m0/s1. The largest absolute Gasteiger partial charge is 0.508 e. The molecular weight excluding hydrogens is 266 g/mol. The third-order valence-electron chi connectivity index (χ3n) is 3.05. The summed E-state index contributed by atoms with van der Waals surface area (Å²) in [5, 5.41) is 8.04. The van der Waals surface area contributed by atoms with Gasteiger partial charge in [0.05, 0.1) is 4.90 Å². The SMILES string of the molecule is CCN(CC)C(=O)[C@H](C)S(=O)(=O)c1ccc(O)cc1. The number of benzene rings is 1. The van der Waals surface area contributed by atoms with Crippen molar-refractivity contribution in [3.8, 4) is 5.75 Å². The van der Waals surface area contributed by atoms with Crippen LogP contribution in [-0.2, 0) is 14.6 Å². The Bertz CT molecular complexity index is 532. The zero-order chi connectivity index (χ0) is 14.6. The van der Waals surface area contributed by atoms with Crippen molar-refractivity contribution in [2.45, 2.75) is 30.9 Å². The molecule has 1 rings (SSSR count). The predicted octanol–water partition coefficient (Wildman–Crippen LogP) is 1.42. The maximum Gasteiger partial charge on any atom is 0.240 e. The van der Waals surface area contributed by atoms with E-state index in [9.17, 15) is 13.2 Å². The lowest BCUT2D eigenvalue weighted by molar-refractivity contribution is -0.130. The summed E-state index contributed by atoms with van der Waals surface area (Å²) in [5.41, 5.74) is 0. The Morgan fingerprint density at radius 1 is 1.21 bits per heavy atom. The fraction of sp³-hybridized carbons (Fsp3) is 0.462. The van der Waals surface area contributed by atoms with E-state index in [0.29, 0.717) is 13.1 Å². The van der Waals surface area contributed by atoms with Crippen LogP contribution in [0.15, 0.2) is 29.2 Å². The van der Waals surface area contributed by atoms with Gasteiger partial charge in [-0.2, -0.15) is 0 Å². The summed E-state index contributed by atoms with van der Waals surface area (Å²) < 4.78 is 24.6. The highest BCUT2D eigenvalue weighted by Gasteiger charge is 2.31. The molecule has 0 saturated heterocycles. The molecule has 1 atom stereocenters. The minimum absolute atomic E-state index is 0.0123. The molecule has 0 saturated carbocycles. The Morgan fingerprint density at radius 2 is 1.68 bits per heavy atom. The van der Waals surface area contributed by atoms with E-state index >= 15 is 0 Å². The van der Waals surface area contributed by atoms with Crippen molar-refractivity contribution in [1.82, 2.24) is 4.90 Å². The highest BCUT2D eigenvalue weighted by Crippen LogP contribution is 2.20. The summed E-state index contributed by atoms with van der Waals surface area (Å²) in [6, 6.07) is 5.19. The normalized spacial score (nSPS) is 13.0. The topological polar surface area (TPSA) is 74.7 Å². The number of amides is 1. The van der Waals surface area contributed by atoms with Gasteiger partial charge in [-0.05, 0) is 45.0 Å². The number of hydrogen-bond donors (Lipinski definition) is 1. The molecule has 1 amide bonds. The van der Waals surface area contributed by atoms with Crippen LogP contribution in [0.4, 0.5) is 0 Å². The maximum atomic E-state index is 12.3. The molecular formula is C13H19NO4S. The second kappa shape index (κ2) is 6.06. The summed E-state index contributed by atoms with van der Waals surface area (Å²) in [6.07, 6.45) is 0. The fourth-order valence-corrected chi connectivity index (χ4v) is 3.10. The minimum atomic E-state index is -3.72. The molecule has 0 aliphatic heterocycles. The Kier molecular flexibility index (Phi) is 4.94. The molecule has 0 heterocycles. The molecule has 1 aromatic carbocycles. The molecule has 5 nitrogen and oxygen atoms in total. The van der Waals surface area contributed by atoms with Crippen LogP contribution in [-0.4, -0.2) is 42.7 Å². The number of phenolic OH excluding ortho intramolecular Hbond substituents is 1. The van der Waals surface area contributed by atoms with Crippen molar-refractivity contribution in [3.05, 3.63) is 24.3 Å². The first kappa shape index (κ1) is 15.5. The Morgan fingerprint density at radius 3 is 2.11 bits per heavy atom. The molecule has 0 aromatic heterocycles. The minimum Gasteiger partial charge on any atom is -0.508 e. The average molecular weight is 285 g/mol. The molecule has 1 N–H and O–H groups in total. The van der Waals surface area contributed by atoms with Crippen LogP contribution in [0.25, 0.3) is 0 Å². The molecule has 0 unspecified atom stereocenters. The van der Waals surface area contributed by atoms with E-state index in [1.54, 1.807) is 13.8 Å². The van der Waals surface area contributed by atoms with Gasteiger partial charge < -0.3 is 10.0 Å². The van der Waals surface area contributed by atoms with Gasteiger partial charge >= 0.3 is 0 Å². The van der Waals surface area contributed by atoms with Gasteiger partial charge in [-0.15, -0.1) is 0 Å². The molecule has 0 aliphatic rings. The van der Waals surface area contributed by atoms with Gasteiger partial charge in [-0.25, -0.2) is 8.42 Å². The Hall–Kier alpha value is -1.56. The monoisotopic (exact) mass is 285 g/mol. The van der Waals surface area contributed by atoms with Crippen LogP contribution in [0.2, 0.25) is 0 Å². The van der Waals surface area contributed by atoms with Crippen LogP contribution in [0, 0.1) is 0 Å². The molecule has 0 spiro atoms. The number of nitrogens with zero attached hydrogens (tertiary/aromatic N) is 1. The molecule has 0 aliphatic carbocycles. The third-order valence-corrected chi connectivity index (χ3v) is 5.12. The molecule has 19 heavy (non-hydrogen) atoms. The summed E-state index contributed by atoms with van der Waals surface area (Å²) in [4.78, 5) is 13.6. The molecule has 0 fully saturated rings. The number of sulfone groups is 1. The second-order valence-corrected chi connectivity index (χ2v) is 6.46. The van der Waals surface area contributed by atoms with Crippen molar-refractivity contribution in [1.29, 1.82) is 0 Å². The van der Waals surface area contributed by atoms with E-state index in [2.05, 4.69) is 0 Å². The van der Waals surface area contributed by atoms with Crippen molar-refractivity contribution in [2.75, 3.05) is 13.1 Å². The average Bonchev–Trinajstić information content (AvgIpc) is 2.39. The second-order valence-electron chi connectivity index (χ2n) is 4.19.